The van der Waals surface area contributed by atoms with E-state index in [2.05, 4.69) is 25.9 Å². The fraction of sp³-hybridized carbons (Fsp3) is 0.632. The van der Waals surface area contributed by atoms with E-state index in [-0.39, 0.29) is 36.4 Å². The van der Waals surface area contributed by atoms with Gasteiger partial charge in [0.05, 0.1) is 24.6 Å². The van der Waals surface area contributed by atoms with Crippen molar-refractivity contribution in [2.45, 2.75) is 51.6 Å². The molecule has 3 N–H and O–H groups in total. The number of amides is 1. The second kappa shape index (κ2) is 14.6. The number of hydrogen-bond donors (Lipinski definition) is 3. The van der Waals surface area contributed by atoms with E-state index in [1.165, 1.54) is 38.5 Å². The van der Waals surface area contributed by atoms with Gasteiger partial charge in [0, 0.05) is 19.3 Å². The lowest BCUT2D eigenvalue weighted by atomic mass is 10.1. The highest BCUT2D eigenvalue weighted by Crippen LogP contribution is 2.19. The lowest BCUT2D eigenvalue weighted by molar-refractivity contribution is -0.114. The Morgan fingerprint density at radius 2 is 2.04 bits per heavy atom. The molecule has 1 fully saturated rings. The molecule has 0 atom stereocenters. The minimum Gasteiger partial charge on any atom is -0.376 e. The van der Waals surface area contributed by atoms with Crippen LogP contribution in [0, 0.1) is 0 Å². The van der Waals surface area contributed by atoms with Gasteiger partial charge in [0.25, 0.3) is 0 Å². The van der Waals surface area contributed by atoms with Gasteiger partial charge in [0.2, 0.25) is 5.91 Å². The van der Waals surface area contributed by atoms with Gasteiger partial charge in [-0.25, -0.2) is 4.99 Å². The molecule has 1 heterocycles. The summed E-state index contributed by atoms with van der Waals surface area (Å²) < 4.78 is 5.96. The van der Waals surface area contributed by atoms with Crippen molar-refractivity contribution in [3.63, 3.8) is 0 Å². The van der Waals surface area contributed by atoms with Gasteiger partial charge in [-0.15, -0.1) is 24.0 Å². The molecule has 1 saturated carbocycles. The molecule has 0 spiro atoms. The number of hydrogen-bond acceptors (Lipinski definition) is 4. The fourth-order valence-corrected chi connectivity index (χ4v) is 2.93. The minimum atomic E-state index is -0.176. The maximum atomic E-state index is 12.0. The summed E-state index contributed by atoms with van der Waals surface area (Å²) in [6.45, 7) is 4.10. The summed E-state index contributed by atoms with van der Waals surface area (Å²) in [5.41, 5.74) is 0.669. The second-order valence-electron chi connectivity index (χ2n) is 6.40. The molecule has 0 saturated heterocycles. The highest BCUT2D eigenvalue weighted by atomic mass is 127. The van der Waals surface area contributed by atoms with Gasteiger partial charge in [-0.1, -0.05) is 25.7 Å². The quantitative estimate of drug-likeness (QED) is 0.172. The molecule has 7 nitrogen and oxygen atoms in total. The Morgan fingerprint density at radius 3 is 2.70 bits per heavy atom. The van der Waals surface area contributed by atoms with E-state index >= 15 is 0 Å². The van der Waals surface area contributed by atoms with Crippen LogP contribution in [0.25, 0.3) is 0 Å². The molecule has 8 heteroatoms. The Kier molecular flexibility index (Phi) is 12.8. The summed E-state index contributed by atoms with van der Waals surface area (Å²) in [6.07, 6.45) is 11.2. The molecule has 152 valence electrons. The number of rotatable bonds is 8. The maximum absolute atomic E-state index is 12.0. The molecule has 2 rings (SSSR count). The number of nitrogens with one attached hydrogen (secondary N) is 3. The van der Waals surface area contributed by atoms with Crippen LogP contribution in [0.5, 0.6) is 0 Å². The molecular weight excluding hydrogens is 457 g/mol. The first kappa shape index (κ1) is 23.6. The Balaban J connectivity index is 0.00000364. The van der Waals surface area contributed by atoms with E-state index in [1.807, 2.05) is 6.92 Å². The Hall–Kier alpha value is -1.42. The summed E-state index contributed by atoms with van der Waals surface area (Å²) in [5.74, 6) is 0.447. The largest absolute Gasteiger partial charge is 0.376 e. The lowest BCUT2D eigenvalue weighted by Crippen LogP contribution is -2.40. The van der Waals surface area contributed by atoms with Crippen molar-refractivity contribution in [3.8, 4) is 0 Å². The molecule has 0 aliphatic heterocycles. The number of carbonyl (C=O) groups excluding carboxylic acids is 1. The zero-order chi connectivity index (χ0) is 18.5. The lowest BCUT2D eigenvalue weighted by Gasteiger charge is -2.16. The van der Waals surface area contributed by atoms with Crippen LogP contribution in [-0.4, -0.2) is 49.2 Å². The normalized spacial score (nSPS) is 15.4. The van der Waals surface area contributed by atoms with Crippen LogP contribution in [0.3, 0.4) is 0 Å². The van der Waals surface area contributed by atoms with Crippen molar-refractivity contribution in [1.29, 1.82) is 0 Å². The van der Waals surface area contributed by atoms with Crippen molar-refractivity contribution >= 4 is 41.5 Å². The average Bonchev–Trinajstić information content (AvgIpc) is 2.93. The van der Waals surface area contributed by atoms with E-state index in [4.69, 9.17) is 4.74 Å². The van der Waals surface area contributed by atoms with E-state index < -0.39 is 0 Å². The predicted octanol–water partition coefficient (Wildman–Crippen LogP) is 2.93. The SMILES string of the molecule is CCNC(=NCC(=O)Nc1cccnc1)NCCOC1CCCCCC1.I. The number of aliphatic imine (C=N–C) groups is 1. The topological polar surface area (TPSA) is 87.6 Å². The highest BCUT2D eigenvalue weighted by Gasteiger charge is 2.12. The minimum absolute atomic E-state index is 0. The highest BCUT2D eigenvalue weighted by molar-refractivity contribution is 14.0. The number of guanidine groups is 1. The standard InChI is InChI=1S/C19H31N5O2.HI/c1-2-21-19(22-12-13-26-17-9-5-3-4-6-10-17)23-15-18(25)24-16-8-7-11-20-14-16;/h7-8,11,14,17H,2-6,9-10,12-13,15H2,1H3,(H,24,25)(H2,21,22,23);1H. The third kappa shape index (κ3) is 10.5. The first-order valence-corrected chi connectivity index (χ1v) is 9.61. The predicted molar refractivity (Wildman–Crippen MR) is 120 cm³/mol. The van der Waals surface area contributed by atoms with Crippen LogP contribution in [0.15, 0.2) is 29.5 Å². The van der Waals surface area contributed by atoms with E-state index in [9.17, 15) is 4.79 Å². The Bertz CT molecular complexity index is 548. The van der Waals surface area contributed by atoms with E-state index in [1.54, 1.807) is 24.5 Å². The third-order valence-corrected chi connectivity index (χ3v) is 4.22. The molecule has 0 unspecified atom stereocenters. The van der Waals surface area contributed by atoms with Gasteiger partial charge < -0.3 is 20.7 Å². The average molecular weight is 489 g/mol. The van der Waals surface area contributed by atoms with Crippen molar-refractivity contribution in [2.75, 3.05) is 31.6 Å². The molecule has 0 aromatic carbocycles. The van der Waals surface area contributed by atoms with Crippen molar-refractivity contribution in [3.05, 3.63) is 24.5 Å². The molecule has 1 aromatic rings. The van der Waals surface area contributed by atoms with E-state index in [0.717, 1.165) is 6.54 Å². The molecule has 1 aliphatic carbocycles. The first-order valence-electron chi connectivity index (χ1n) is 9.61. The van der Waals surface area contributed by atoms with Gasteiger partial charge in [0.1, 0.15) is 6.54 Å². The number of pyridine rings is 1. The fourth-order valence-electron chi connectivity index (χ4n) is 2.93. The smallest absolute Gasteiger partial charge is 0.246 e. The third-order valence-electron chi connectivity index (χ3n) is 4.22. The van der Waals surface area contributed by atoms with Gasteiger partial charge in [-0.3, -0.25) is 9.78 Å². The first-order chi connectivity index (χ1) is 12.8. The van der Waals surface area contributed by atoms with E-state index in [0.29, 0.717) is 30.9 Å². The number of halogens is 1. The summed E-state index contributed by atoms with van der Waals surface area (Å²) in [7, 11) is 0. The summed E-state index contributed by atoms with van der Waals surface area (Å²) >= 11 is 0. The zero-order valence-corrected chi connectivity index (χ0v) is 18.4. The molecule has 27 heavy (non-hydrogen) atoms. The van der Waals surface area contributed by atoms with Gasteiger partial charge in [-0.2, -0.15) is 0 Å². The van der Waals surface area contributed by atoms with Gasteiger partial charge >= 0.3 is 0 Å². The second-order valence-corrected chi connectivity index (χ2v) is 6.40. The molecule has 0 bridgehead atoms. The zero-order valence-electron chi connectivity index (χ0n) is 16.1. The van der Waals surface area contributed by atoms with Gasteiger partial charge in [-0.05, 0) is 31.9 Å². The molecular formula is C19H32IN5O2. The molecule has 0 radical (unpaired) electrons. The van der Waals surface area contributed by atoms with Crippen molar-refractivity contribution < 1.29 is 9.53 Å². The molecule has 1 amide bonds. The van der Waals surface area contributed by atoms with Crippen LogP contribution in [0.1, 0.15) is 45.4 Å². The van der Waals surface area contributed by atoms with Crippen molar-refractivity contribution in [1.82, 2.24) is 15.6 Å². The number of carbonyl (C=O) groups is 1. The monoisotopic (exact) mass is 489 g/mol. The van der Waals surface area contributed by atoms with Crippen molar-refractivity contribution in [2.24, 2.45) is 4.99 Å². The summed E-state index contributed by atoms with van der Waals surface area (Å²) in [6, 6.07) is 3.57. The number of ether oxygens (including phenoxy) is 1. The number of aromatic nitrogens is 1. The van der Waals surface area contributed by atoms with Crippen LogP contribution in [0.2, 0.25) is 0 Å². The van der Waals surface area contributed by atoms with Crippen LogP contribution < -0.4 is 16.0 Å². The Labute approximate surface area is 179 Å². The van der Waals surface area contributed by atoms with Crippen LogP contribution >= 0.6 is 24.0 Å². The summed E-state index contributed by atoms with van der Waals surface area (Å²) in [4.78, 5) is 20.2. The molecule has 1 aromatic heterocycles. The summed E-state index contributed by atoms with van der Waals surface area (Å²) in [5, 5.41) is 9.12. The number of nitrogens with zero attached hydrogens (tertiary/aromatic N) is 2. The maximum Gasteiger partial charge on any atom is 0.246 e. The number of anilines is 1. The molecule has 1 aliphatic rings. The van der Waals surface area contributed by atoms with Crippen LogP contribution in [-0.2, 0) is 9.53 Å². The van der Waals surface area contributed by atoms with Crippen LogP contribution in [0.4, 0.5) is 5.69 Å². The van der Waals surface area contributed by atoms with Gasteiger partial charge in [0.15, 0.2) is 5.96 Å². The Morgan fingerprint density at radius 1 is 1.26 bits per heavy atom.